The summed E-state index contributed by atoms with van der Waals surface area (Å²) in [6.07, 6.45) is 4.92. The Morgan fingerprint density at radius 2 is 1.65 bits per heavy atom. The minimum atomic E-state index is 0.0711. The zero-order chi connectivity index (χ0) is 15.0. The maximum absolute atomic E-state index is 11.8. The number of hydrogen-bond donors (Lipinski definition) is 0. The molecule has 0 aromatic heterocycles. The summed E-state index contributed by atoms with van der Waals surface area (Å²) in [5.41, 5.74) is 2.14. The third kappa shape index (κ3) is 6.33. The number of benzene rings is 1. The van der Waals surface area contributed by atoms with Gasteiger partial charge in [-0.3, -0.25) is 4.79 Å². The van der Waals surface area contributed by atoms with E-state index in [4.69, 9.17) is 4.74 Å². The van der Waals surface area contributed by atoms with Gasteiger partial charge in [-0.1, -0.05) is 44.5 Å². The fourth-order valence-electron chi connectivity index (χ4n) is 2.10. The number of ether oxygens (including phenoxy) is 1. The van der Waals surface area contributed by atoms with Crippen LogP contribution in [0.2, 0.25) is 0 Å². The van der Waals surface area contributed by atoms with Crippen molar-refractivity contribution in [3.8, 4) is 0 Å². The second-order valence-electron chi connectivity index (χ2n) is 5.95. The van der Waals surface area contributed by atoms with E-state index >= 15 is 0 Å². The van der Waals surface area contributed by atoms with Gasteiger partial charge in [0.1, 0.15) is 0 Å². The Morgan fingerprint density at radius 3 is 2.20 bits per heavy atom. The fraction of sp³-hybridized carbons (Fsp3) is 0.611. The van der Waals surface area contributed by atoms with Crippen molar-refractivity contribution in [1.82, 2.24) is 0 Å². The van der Waals surface area contributed by atoms with Crippen LogP contribution in [0.25, 0.3) is 0 Å². The standard InChI is InChI=1S/C18H28O2/c1-14(2)18(19)17-11-9-16(10-12-17)8-6-5-7-13-20-15(3)4/h9-12,14-15H,5-8,13H2,1-4H3. The lowest BCUT2D eigenvalue weighted by atomic mass is 9.98. The van der Waals surface area contributed by atoms with Crippen LogP contribution in [0, 0.1) is 5.92 Å². The quantitative estimate of drug-likeness (QED) is 0.484. The first-order valence-electron chi connectivity index (χ1n) is 7.75. The Hall–Kier alpha value is -1.15. The summed E-state index contributed by atoms with van der Waals surface area (Å²) in [5, 5.41) is 0. The molecule has 0 atom stereocenters. The van der Waals surface area contributed by atoms with Gasteiger partial charge in [0.25, 0.3) is 0 Å². The highest BCUT2D eigenvalue weighted by molar-refractivity contribution is 5.97. The van der Waals surface area contributed by atoms with Crippen molar-refractivity contribution in [3.63, 3.8) is 0 Å². The van der Waals surface area contributed by atoms with Crippen LogP contribution in [-0.4, -0.2) is 18.5 Å². The molecule has 0 aliphatic carbocycles. The van der Waals surface area contributed by atoms with Gasteiger partial charge in [0.15, 0.2) is 5.78 Å². The van der Waals surface area contributed by atoms with E-state index in [2.05, 4.69) is 26.0 Å². The van der Waals surface area contributed by atoms with Crippen molar-refractivity contribution in [2.75, 3.05) is 6.61 Å². The summed E-state index contributed by atoms with van der Waals surface area (Å²) in [7, 11) is 0. The first-order chi connectivity index (χ1) is 9.50. The van der Waals surface area contributed by atoms with Crippen molar-refractivity contribution < 1.29 is 9.53 Å². The highest BCUT2D eigenvalue weighted by Crippen LogP contribution is 2.12. The summed E-state index contributed by atoms with van der Waals surface area (Å²) >= 11 is 0. The number of carbonyl (C=O) groups is 1. The highest BCUT2D eigenvalue weighted by atomic mass is 16.5. The third-order valence-electron chi connectivity index (χ3n) is 3.32. The van der Waals surface area contributed by atoms with Crippen molar-refractivity contribution in [2.24, 2.45) is 5.92 Å². The maximum atomic E-state index is 11.8. The molecule has 20 heavy (non-hydrogen) atoms. The molecule has 0 spiro atoms. The molecular weight excluding hydrogens is 248 g/mol. The van der Waals surface area contributed by atoms with Crippen LogP contribution in [0.1, 0.15) is 62.9 Å². The molecule has 0 radical (unpaired) electrons. The van der Waals surface area contributed by atoms with Crippen LogP contribution in [0.15, 0.2) is 24.3 Å². The van der Waals surface area contributed by atoms with Crippen molar-refractivity contribution in [1.29, 1.82) is 0 Å². The molecule has 0 saturated heterocycles. The number of carbonyl (C=O) groups excluding carboxylic acids is 1. The topological polar surface area (TPSA) is 26.3 Å². The monoisotopic (exact) mass is 276 g/mol. The number of rotatable bonds is 9. The smallest absolute Gasteiger partial charge is 0.165 e. The second kappa shape index (κ2) is 8.91. The van der Waals surface area contributed by atoms with Crippen LogP contribution >= 0.6 is 0 Å². The predicted octanol–water partition coefficient (Wildman–Crippen LogP) is 4.66. The van der Waals surface area contributed by atoms with Gasteiger partial charge in [-0.25, -0.2) is 0 Å². The molecule has 112 valence electrons. The fourth-order valence-corrected chi connectivity index (χ4v) is 2.10. The largest absolute Gasteiger partial charge is 0.379 e. The maximum Gasteiger partial charge on any atom is 0.165 e. The lowest BCUT2D eigenvalue weighted by Crippen LogP contribution is -2.07. The average Bonchev–Trinajstić information content (AvgIpc) is 2.42. The molecule has 2 nitrogen and oxygen atoms in total. The lowest BCUT2D eigenvalue weighted by molar-refractivity contribution is 0.0758. The minimum Gasteiger partial charge on any atom is -0.379 e. The van der Waals surface area contributed by atoms with Crippen molar-refractivity contribution in [3.05, 3.63) is 35.4 Å². The average molecular weight is 276 g/mol. The highest BCUT2D eigenvalue weighted by Gasteiger charge is 2.09. The van der Waals surface area contributed by atoms with Crippen LogP contribution < -0.4 is 0 Å². The molecule has 1 aromatic rings. The van der Waals surface area contributed by atoms with Crippen LogP contribution in [0.5, 0.6) is 0 Å². The minimum absolute atomic E-state index is 0.0711. The van der Waals surface area contributed by atoms with Gasteiger partial charge in [-0.15, -0.1) is 0 Å². The summed E-state index contributed by atoms with van der Waals surface area (Å²) in [5.74, 6) is 0.296. The summed E-state index contributed by atoms with van der Waals surface area (Å²) in [6, 6.07) is 8.08. The molecule has 0 aliphatic heterocycles. The molecule has 1 aromatic carbocycles. The summed E-state index contributed by atoms with van der Waals surface area (Å²) < 4.78 is 5.52. The Kier molecular flexibility index (Phi) is 7.53. The molecule has 2 heteroatoms. The van der Waals surface area contributed by atoms with Gasteiger partial charge in [0.2, 0.25) is 0 Å². The van der Waals surface area contributed by atoms with Crippen LogP contribution in [0.3, 0.4) is 0 Å². The Bertz CT molecular complexity index is 390. The molecule has 0 unspecified atom stereocenters. The van der Waals surface area contributed by atoms with Gasteiger partial charge < -0.3 is 4.74 Å². The van der Waals surface area contributed by atoms with Crippen LogP contribution in [-0.2, 0) is 11.2 Å². The number of Topliss-reactive ketones (excluding diaryl/α,β-unsaturated/α-hetero) is 1. The van der Waals surface area contributed by atoms with Crippen LogP contribution in [0.4, 0.5) is 0 Å². The molecule has 0 aliphatic rings. The van der Waals surface area contributed by atoms with E-state index in [1.54, 1.807) is 0 Å². The first-order valence-corrected chi connectivity index (χ1v) is 7.75. The van der Waals surface area contributed by atoms with E-state index < -0.39 is 0 Å². The zero-order valence-corrected chi connectivity index (χ0v) is 13.3. The van der Waals surface area contributed by atoms with Gasteiger partial charge >= 0.3 is 0 Å². The third-order valence-corrected chi connectivity index (χ3v) is 3.32. The second-order valence-corrected chi connectivity index (χ2v) is 5.95. The van der Waals surface area contributed by atoms with E-state index in [1.165, 1.54) is 18.4 Å². The zero-order valence-electron chi connectivity index (χ0n) is 13.3. The molecule has 0 saturated carbocycles. The van der Waals surface area contributed by atoms with E-state index in [0.717, 1.165) is 25.0 Å². The number of aryl methyl sites for hydroxylation is 1. The van der Waals surface area contributed by atoms with Crippen molar-refractivity contribution in [2.45, 2.75) is 59.5 Å². The Morgan fingerprint density at radius 1 is 1.00 bits per heavy atom. The number of unbranched alkanes of at least 4 members (excludes halogenated alkanes) is 2. The van der Waals surface area contributed by atoms with E-state index in [0.29, 0.717) is 6.10 Å². The molecule has 0 fully saturated rings. The van der Waals surface area contributed by atoms with Gasteiger partial charge in [-0.2, -0.15) is 0 Å². The molecule has 0 bridgehead atoms. The molecule has 0 amide bonds. The normalized spacial score (nSPS) is 11.3. The van der Waals surface area contributed by atoms with Crippen molar-refractivity contribution >= 4 is 5.78 Å². The molecule has 0 N–H and O–H groups in total. The number of hydrogen-bond acceptors (Lipinski definition) is 2. The Balaban J connectivity index is 2.27. The van der Waals surface area contributed by atoms with Gasteiger partial charge in [-0.05, 0) is 38.7 Å². The SMILES string of the molecule is CC(C)OCCCCCc1ccc(C(=O)C(C)C)cc1. The molecular formula is C18H28O2. The number of ketones is 1. The van der Waals surface area contributed by atoms with E-state index in [9.17, 15) is 4.79 Å². The summed E-state index contributed by atoms with van der Waals surface area (Å²) in [6.45, 7) is 8.88. The molecule has 1 rings (SSSR count). The Labute approximate surface area is 123 Å². The summed E-state index contributed by atoms with van der Waals surface area (Å²) in [4.78, 5) is 11.8. The predicted molar refractivity (Wildman–Crippen MR) is 84.3 cm³/mol. The van der Waals surface area contributed by atoms with E-state index in [1.807, 2.05) is 26.0 Å². The van der Waals surface area contributed by atoms with E-state index in [-0.39, 0.29) is 11.7 Å². The van der Waals surface area contributed by atoms with Gasteiger partial charge in [0.05, 0.1) is 6.10 Å². The van der Waals surface area contributed by atoms with Gasteiger partial charge in [0, 0.05) is 18.1 Å². The molecule has 0 heterocycles. The first kappa shape index (κ1) is 16.9. The lowest BCUT2D eigenvalue weighted by Gasteiger charge is -2.08.